The molecule has 1 N–H and O–H groups in total. The summed E-state index contributed by atoms with van der Waals surface area (Å²) in [5.41, 5.74) is 6.93. The Labute approximate surface area is 206 Å². The first kappa shape index (κ1) is 22.2. The maximum Gasteiger partial charge on any atom is 0.170 e. The number of benzene rings is 2. The first-order valence-corrected chi connectivity index (χ1v) is 11.8. The zero-order valence-electron chi connectivity index (χ0n) is 19.6. The van der Waals surface area contributed by atoms with Crippen molar-refractivity contribution in [2.75, 3.05) is 7.11 Å². The van der Waals surface area contributed by atoms with E-state index in [-0.39, 0.29) is 12.1 Å². The van der Waals surface area contributed by atoms with Crippen LogP contribution in [0.15, 0.2) is 85.1 Å². The number of rotatable bonds is 6. The van der Waals surface area contributed by atoms with Gasteiger partial charge in [-0.15, -0.1) is 0 Å². The van der Waals surface area contributed by atoms with Crippen molar-refractivity contribution < 1.29 is 4.74 Å². The van der Waals surface area contributed by atoms with Crippen molar-refractivity contribution in [1.29, 1.82) is 0 Å². The quantitative estimate of drug-likeness (QED) is 0.369. The van der Waals surface area contributed by atoms with Gasteiger partial charge < -0.3 is 19.5 Å². The molecule has 3 heterocycles. The van der Waals surface area contributed by atoms with E-state index in [4.69, 9.17) is 17.0 Å². The number of pyridine rings is 1. The summed E-state index contributed by atoms with van der Waals surface area (Å²) in [7, 11) is 1.69. The Bertz CT molecular complexity index is 1290. The summed E-state index contributed by atoms with van der Waals surface area (Å²) in [6, 6.07) is 27.0. The van der Waals surface area contributed by atoms with Gasteiger partial charge in [0.1, 0.15) is 5.75 Å². The molecule has 1 saturated heterocycles. The third-order valence-corrected chi connectivity index (χ3v) is 6.87. The number of ether oxygens (including phenoxy) is 1. The second kappa shape index (κ2) is 9.31. The molecule has 5 rings (SSSR count). The van der Waals surface area contributed by atoms with Crippen LogP contribution in [0.1, 0.15) is 40.3 Å². The van der Waals surface area contributed by atoms with Gasteiger partial charge in [-0.3, -0.25) is 4.98 Å². The molecular weight excluding hydrogens is 440 g/mol. The van der Waals surface area contributed by atoms with E-state index in [9.17, 15) is 0 Å². The van der Waals surface area contributed by atoms with Crippen LogP contribution in [0.25, 0.3) is 5.69 Å². The van der Waals surface area contributed by atoms with Gasteiger partial charge in [-0.2, -0.15) is 0 Å². The van der Waals surface area contributed by atoms with E-state index < -0.39 is 0 Å². The minimum atomic E-state index is -0.0396. The molecular formula is C28H28N4OS. The number of thiocarbonyl (C=S) groups is 1. The van der Waals surface area contributed by atoms with Gasteiger partial charge in [-0.25, -0.2) is 0 Å². The lowest BCUT2D eigenvalue weighted by atomic mass is 9.96. The Hall–Kier alpha value is -3.64. The summed E-state index contributed by atoms with van der Waals surface area (Å²) in [5, 5.41) is 4.32. The molecule has 1 fully saturated rings. The minimum absolute atomic E-state index is 0.0146. The van der Waals surface area contributed by atoms with Crippen molar-refractivity contribution in [1.82, 2.24) is 19.8 Å². The lowest BCUT2D eigenvalue weighted by Gasteiger charge is -2.28. The first-order chi connectivity index (χ1) is 16.6. The molecule has 0 amide bonds. The first-order valence-electron chi connectivity index (χ1n) is 11.4. The van der Waals surface area contributed by atoms with E-state index in [1.54, 1.807) is 7.11 Å². The molecule has 6 heteroatoms. The average molecular weight is 469 g/mol. The summed E-state index contributed by atoms with van der Waals surface area (Å²) in [5.74, 6) is 0.848. The number of hydrogen-bond acceptors (Lipinski definition) is 3. The number of methoxy groups -OCH3 is 1. The Morgan fingerprint density at radius 2 is 1.71 bits per heavy atom. The van der Waals surface area contributed by atoms with Crippen LogP contribution in [0.3, 0.4) is 0 Å². The molecule has 1 aliphatic rings. The summed E-state index contributed by atoms with van der Waals surface area (Å²) in [6.07, 6.45) is 1.84. The summed E-state index contributed by atoms with van der Waals surface area (Å²) < 4.78 is 7.65. The molecule has 0 spiro atoms. The topological polar surface area (TPSA) is 42.3 Å². The van der Waals surface area contributed by atoms with Gasteiger partial charge in [0.2, 0.25) is 0 Å². The van der Waals surface area contributed by atoms with Crippen LogP contribution >= 0.6 is 12.2 Å². The van der Waals surface area contributed by atoms with Gasteiger partial charge in [0.25, 0.3) is 0 Å². The maximum absolute atomic E-state index is 5.86. The molecule has 2 atom stereocenters. The highest BCUT2D eigenvalue weighted by atomic mass is 32.1. The van der Waals surface area contributed by atoms with Gasteiger partial charge in [0.05, 0.1) is 24.9 Å². The predicted molar refractivity (Wildman–Crippen MR) is 139 cm³/mol. The zero-order chi connectivity index (χ0) is 23.7. The van der Waals surface area contributed by atoms with Crippen molar-refractivity contribution in [3.8, 4) is 11.4 Å². The Balaban J connectivity index is 1.60. The molecule has 2 aromatic heterocycles. The van der Waals surface area contributed by atoms with Crippen molar-refractivity contribution in [3.63, 3.8) is 0 Å². The lowest BCUT2D eigenvalue weighted by molar-refractivity contribution is 0.310. The van der Waals surface area contributed by atoms with E-state index >= 15 is 0 Å². The summed E-state index contributed by atoms with van der Waals surface area (Å²) >= 11 is 5.86. The highest BCUT2D eigenvalue weighted by Gasteiger charge is 2.41. The Kier molecular flexibility index (Phi) is 6.07. The van der Waals surface area contributed by atoms with Crippen molar-refractivity contribution in [3.05, 3.63) is 113 Å². The fourth-order valence-corrected chi connectivity index (χ4v) is 5.22. The van der Waals surface area contributed by atoms with Crippen LogP contribution in [-0.4, -0.2) is 26.7 Å². The fraction of sp³-hybridized carbons (Fsp3) is 0.214. The van der Waals surface area contributed by atoms with Gasteiger partial charge >= 0.3 is 0 Å². The van der Waals surface area contributed by atoms with Gasteiger partial charge in [-0.05, 0) is 79.7 Å². The van der Waals surface area contributed by atoms with Crippen molar-refractivity contribution >= 4 is 17.3 Å². The van der Waals surface area contributed by atoms with Crippen LogP contribution in [0.5, 0.6) is 5.75 Å². The summed E-state index contributed by atoms with van der Waals surface area (Å²) in [4.78, 5) is 6.97. The molecule has 0 unspecified atom stereocenters. The van der Waals surface area contributed by atoms with Crippen LogP contribution in [0.4, 0.5) is 0 Å². The third kappa shape index (κ3) is 4.05. The van der Waals surface area contributed by atoms with E-state index in [0.29, 0.717) is 0 Å². The van der Waals surface area contributed by atoms with E-state index in [1.807, 2.05) is 36.5 Å². The molecule has 0 bridgehead atoms. The van der Waals surface area contributed by atoms with Crippen molar-refractivity contribution in [2.24, 2.45) is 0 Å². The van der Waals surface area contributed by atoms with E-state index in [2.05, 4.69) is 82.1 Å². The predicted octanol–water partition coefficient (Wildman–Crippen LogP) is 5.67. The summed E-state index contributed by atoms with van der Waals surface area (Å²) in [6.45, 7) is 5.07. The van der Waals surface area contributed by atoms with Crippen LogP contribution < -0.4 is 10.1 Å². The van der Waals surface area contributed by atoms with Gasteiger partial charge in [0, 0.05) is 29.8 Å². The van der Waals surface area contributed by atoms with E-state index in [0.717, 1.165) is 28.8 Å². The number of aromatic nitrogens is 2. The molecule has 2 aromatic carbocycles. The third-order valence-electron chi connectivity index (χ3n) is 6.51. The molecule has 0 saturated carbocycles. The second-order valence-corrected chi connectivity index (χ2v) is 8.99. The molecule has 5 nitrogen and oxygen atoms in total. The van der Waals surface area contributed by atoms with Crippen LogP contribution in [0.2, 0.25) is 0 Å². The minimum Gasteiger partial charge on any atom is -0.497 e. The van der Waals surface area contributed by atoms with Gasteiger partial charge in [0.15, 0.2) is 5.11 Å². The zero-order valence-corrected chi connectivity index (χ0v) is 20.4. The van der Waals surface area contributed by atoms with Crippen LogP contribution in [-0.2, 0) is 6.54 Å². The molecule has 1 aliphatic heterocycles. The lowest BCUT2D eigenvalue weighted by Crippen LogP contribution is -2.29. The number of hydrogen-bond donors (Lipinski definition) is 1. The highest BCUT2D eigenvalue weighted by molar-refractivity contribution is 7.80. The monoisotopic (exact) mass is 468 g/mol. The number of nitrogens with one attached hydrogen (secondary N) is 1. The molecule has 172 valence electrons. The maximum atomic E-state index is 5.86. The number of aryl methyl sites for hydroxylation is 1. The fourth-order valence-electron chi connectivity index (χ4n) is 4.91. The Morgan fingerprint density at radius 1 is 0.971 bits per heavy atom. The number of nitrogens with zero attached hydrogens (tertiary/aromatic N) is 3. The highest BCUT2D eigenvalue weighted by Crippen LogP contribution is 2.42. The molecule has 0 radical (unpaired) electrons. The van der Waals surface area contributed by atoms with Gasteiger partial charge in [-0.1, -0.05) is 36.4 Å². The molecule has 0 aliphatic carbocycles. The largest absolute Gasteiger partial charge is 0.497 e. The average Bonchev–Trinajstić information content (AvgIpc) is 3.35. The van der Waals surface area contributed by atoms with Crippen LogP contribution in [0, 0.1) is 13.8 Å². The molecule has 4 aromatic rings. The SMILES string of the molecule is COc1ccc(-n2c(C)cc([C@@H]3[C@H](c4ccccn4)NC(=S)N3Cc3ccccc3)c2C)cc1. The smallest absolute Gasteiger partial charge is 0.170 e. The second-order valence-electron chi connectivity index (χ2n) is 8.60. The van der Waals surface area contributed by atoms with E-state index in [1.165, 1.54) is 22.5 Å². The molecule has 34 heavy (non-hydrogen) atoms. The Morgan fingerprint density at radius 3 is 2.38 bits per heavy atom. The normalized spacial score (nSPS) is 17.6. The van der Waals surface area contributed by atoms with Crippen molar-refractivity contribution in [2.45, 2.75) is 32.5 Å². The standard InChI is InChI=1S/C28H28N4OS/c1-19-17-24(20(2)32(19)22-12-14-23(33-3)15-13-22)27-26(25-11-7-8-16-29-25)30-28(34)31(27)18-21-9-5-4-6-10-21/h4-17,26-27H,18H2,1-3H3,(H,30,34)/t26-,27+/m0/s1.